The van der Waals surface area contributed by atoms with Crippen LogP contribution in [0.3, 0.4) is 0 Å². The third-order valence-corrected chi connectivity index (χ3v) is 7.74. The Balaban J connectivity index is 1.61. The molecule has 152 valence electrons. The predicted molar refractivity (Wildman–Crippen MR) is 111 cm³/mol. The fourth-order valence-corrected chi connectivity index (χ4v) is 5.83. The minimum absolute atomic E-state index is 0.0568. The maximum Gasteiger partial charge on any atom is 0.236 e. The van der Waals surface area contributed by atoms with Gasteiger partial charge in [-0.3, -0.25) is 0 Å². The van der Waals surface area contributed by atoms with Crippen LogP contribution in [0.4, 0.5) is 0 Å². The van der Waals surface area contributed by atoms with Gasteiger partial charge < -0.3 is 14.6 Å². The Labute approximate surface area is 171 Å². The molecule has 4 atom stereocenters. The van der Waals surface area contributed by atoms with Crippen molar-refractivity contribution in [3.8, 4) is 6.19 Å². The number of rotatable bonds is 3. The molecule has 3 aliphatic rings. The summed E-state index contributed by atoms with van der Waals surface area (Å²) >= 11 is 1.69. The average molecular weight is 402 g/mol. The summed E-state index contributed by atoms with van der Waals surface area (Å²) in [6.45, 7) is 8.31. The molecule has 0 radical (unpaired) electrons. The molecule has 1 saturated heterocycles. The van der Waals surface area contributed by atoms with Crippen molar-refractivity contribution >= 4 is 17.3 Å². The first-order chi connectivity index (χ1) is 13.4. The number of aromatic nitrogens is 1. The molecule has 0 aromatic carbocycles. The quantitative estimate of drug-likeness (QED) is 0.478. The van der Waals surface area contributed by atoms with Crippen molar-refractivity contribution in [1.82, 2.24) is 9.88 Å². The van der Waals surface area contributed by atoms with E-state index in [1.165, 1.54) is 30.6 Å². The number of guanidine groups is 1. The number of ether oxygens (including phenoxy) is 1. The van der Waals surface area contributed by atoms with Crippen molar-refractivity contribution in [2.24, 2.45) is 21.8 Å². The molecular weight excluding hydrogens is 370 g/mol. The highest BCUT2D eigenvalue weighted by molar-refractivity contribution is 7.09. The van der Waals surface area contributed by atoms with Gasteiger partial charge in [-0.05, 0) is 49.4 Å². The highest BCUT2D eigenvalue weighted by atomic mass is 32.1. The highest BCUT2D eigenvalue weighted by Crippen LogP contribution is 2.44. The Kier molecular flexibility index (Phi) is 5.62. The molecule has 1 N–H and O–H groups in total. The minimum atomic E-state index is 0.0568. The van der Waals surface area contributed by atoms with Crippen molar-refractivity contribution in [3.63, 3.8) is 0 Å². The SMILES string of the molecule is CC(C)(C)c1cn(C[C@H]2CCCO2)c(=NC(=NC#N)N[C@H]2C[C@@H]3CC[C@H]2C3)s1. The van der Waals surface area contributed by atoms with E-state index in [4.69, 9.17) is 9.73 Å². The minimum Gasteiger partial charge on any atom is -0.376 e. The number of aliphatic imine (C=N–C) groups is 1. The summed E-state index contributed by atoms with van der Waals surface area (Å²) in [5, 5.41) is 12.7. The summed E-state index contributed by atoms with van der Waals surface area (Å²) in [4.78, 5) is 11.0. The number of thiazole rings is 1. The molecule has 28 heavy (non-hydrogen) atoms. The molecule has 0 spiro atoms. The number of nitrogens with zero attached hydrogens (tertiary/aromatic N) is 4. The lowest BCUT2D eigenvalue weighted by atomic mass is 9.95. The fraction of sp³-hybridized carbons (Fsp3) is 0.762. The molecule has 2 saturated carbocycles. The molecule has 0 amide bonds. The molecule has 0 unspecified atom stereocenters. The molecule has 2 bridgehead atoms. The normalized spacial score (nSPS) is 30.8. The lowest BCUT2D eigenvalue weighted by molar-refractivity contribution is 0.0963. The van der Waals surface area contributed by atoms with Gasteiger partial charge in [0.1, 0.15) is 0 Å². The van der Waals surface area contributed by atoms with E-state index in [1.807, 2.05) is 6.19 Å². The molecule has 2 aliphatic carbocycles. The van der Waals surface area contributed by atoms with Crippen LogP contribution in [0.1, 0.15) is 64.2 Å². The third-order valence-electron chi connectivity index (χ3n) is 6.29. The van der Waals surface area contributed by atoms with Crippen LogP contribution in [0.5, 0.6) is 0 Å². The Morgan fingerprint density at radius 2 is 2.21 bits per heavy atom. The second kappa shape index (κ2) is 8.00. The lowest BCUT2D eigenvalue weighted by Gasteiger charge is -2.22. The second-order valence-corrected chi connectivity index (χ2v) is 10.5. The second-order valence-electron chi connectivity index (χ2n) is 9.49. The zero-order valence-corrected chi connectivity index (χ0v) is 18.0. The number of nitrogens with one attached hydrogen (secondary N) is 1. The maximum atomic E-state index is 9.19. The molecule has 4 rings (SSSR count). The van der Waals surface area contributed by atoms with Gasteiger partial charge in [0.2, 0.25) is 12.2 Å². The smallest absolute Gasteiger partial charge is 0.236 e. The van der Waals surface area contributed by atoms with Crippen LogP contribution in [0.15, 0.2) is 16.2 Å². The molecular formula is C21H31N5OS. The van der Waals surface area contributed by atoms with Gasteiger partial charge in [-0.15, -0.1) is 16.3 Å². The van der Waals surface area contributed by atoms with E-state index in [2.05, 4.69) is 41.8 Å². The summed E-state index contributed by atoms with van der Waals surface area (Å²) in [6.07, 6.45) is 11.7. The fourth-order valence-electron chi connectivity index (χ4n) is 4.77. The zero-order valence-electron chi connectivity index (χ0n) is 17.1. The monoisotopic (exact) mass is 401 g/mol. The topological polar surface area (TPSA) is 74.7 Å². The average Bonchev–Trinajstić information content (AvgIpc) is 3.40. The van der Waals surface area contributed by atoms with Gasteiger partial charge in [0, 0.05) is 23.7 Å². The first-order valence-corrected chi connectivity index (χ1v) is 11.3. The van der Waals surface area contributed by atoms with E-state index in [-0.39, 0.29) is 11.5 Å². The standard InChI is InChI=1S/C21H31N5OS/c1-21(2,3)18-12-26(11-16-5-4-8-27-16)20(28-18)25-19(23-13-22)24-17-10-14-6-7-15(17)9-14/h12,14-17H,4-11H2,1-3H3,(H,23,24)/t14-,15+,16-,17+/m1/s1. The molecule has 1 aromatic rings. The molecule has 6 nitrogen and oxygen atoms in total. The summed E-state index contributed by atoms with van der Waals surface area (Å²) in [5.74, 6) is 2.00. The van der Waals surface area contributed by atoms with Gasteiger partial charge in [-0.2, -0.15) is 10.3 Å². The Bertz CT molecular complexity index is 834. The molecule has 1 aliphatic heterocycles. The first-order valence-electron chi connectivity index (χ1n) is 10.5. The van der Waals surface area contributed by atoms with Crippen LogP contribution in [-0.2, 0) is 16.7 Å². The van der Waals surface area contributed by atoms with Gasteiger partial charge in [0.05, 0.1) is 12.6 Å². The van der Waals surface area contributed by atoms with Gasteiger partial charge in [0.25, 0.3) is 0 Å². The number of hydrogen-bond donors (Lipinski definition) is 1. The van der Waals surface area contributed by atoms with Crippen molar-refractivity contribution in [1.29, 1.82) is 5.26 Å². The lowest BCUT2D eigenvalue weighted by Crippen LogP contribution is -2.38. The van der Waals surface area contributed by atoms with Gasteiger partial charge >= 0.3 is 0 Å². The van der Waals surface area contributed by atoms with Gasteiger partial charge in [0.15, 0.2) is 4.80 Å². The Morgan fingerprint density at radius 1 is 1.36 bits per heavy atom. The summed E-state index contributed by atoms with van der Waals surface area (Å²) in [5.41, 5.74) is 0.0568. The van der Waals surface area contributed by atoms with Crippen LogP contribution in [0.2, 0.25) is 0 Å². The van der Waals surface area contributed by atoms with E-state index in [1.54, 1.807) is 11.3 Å². The van der Waals surface area contributed by atoms with Crippen molar-refractivity contribution in [3.05, 3.63) is 15.9 Å². The summed E-state index contributed by atoms with van der Waals surface area (Å²) in [6, 6.07) is 0.406. The maximum absolute atomic E-state index is 9.19. The van der Waals surface area contributed by atoms with Crippen molar-refractivity contribution < 1.29 is 4.74 Å². The van der Waals surface area contributed by atoms with E-state index >= 15 is 0 Å². The largest absolute Gasteiger partial charge is 0.376 e. The molecule has 3 fully saturated rings. The molecule has 7 heteroatoms. The van der Waals surface area contributed by atoms with E-state index < -0.39 is 0 Å². The van der Waals surface area contributed by atoms with Crippen molar-refractivity contribution in [2.75, 3.05) is 6.61 Å². The van der Waals surface area contributed by atoms with Gasteiger partial charge in [-0.25, -0.2) is 0 Å². The molecule has 2 heterocycles. The van der Waals surface area contributed by atoms with E-state index in [0.717, 1.165) is 36.7 Å². The number of hydrogen-bond acceptors (Lipinski definition) is 4. The van der Waals surface area contributed by atoms with Crippen LogP contribution in [0, 0.1) is 23.3 Å². The highest BCUT2D eigenvalue weighted by Gasteiger charge is 2.39. The Morgan fingerprint density at radius 3 is 2.82 bits per heavy atom. The number of nitriles is 1. The Hall–Kier alpha value is -1.65. The van der Waals surface area contributed by atoms with E-state index in [9.17, 15) is 5.26 Å². The summed E-state index contributed by atoms with van der Waals surface area (Å²) < 4.78 is 8.04. The van der Waals surface area contributed by atoms with Crippen LogP contribution < -0.4 is 10.1 Å². The van der Waals surface area contributed by atoms with Gasteiger partial charge in [-0.1, -0.05) is 27.2 Å². The van der Waals surface area contributed by atoms with Crippen LogP contribution in [0.25, 0.3) is 0 Å². The van der Waals surface area contributed by atoms with Crippen molar-refractivity contribution in [2.45, 2.75) is 83.4 Å². The first kappa shape index (κ1) is 19.7. The third kappa shape index (κ3) is 4.33. The van der Waals surface area contributed by atoms with Crippen LogP contribution in [-0.4, -0.2) is 29.3 Å². The summed E-state index contributed by atoms with van der Waals surface area (Å²) in [7, 11) is 0. The van der Waals surface area contributed by atoms with Crippen LogP contribution >= 0.6 is 11.3 Å². The molecule has 1 aromatic heterocycles. The predicted octanol–water partition coefficient (Wildman–Crippen LogP) is 3.54. The number of fused-ring (bicyclic) bond motifs is 2. The van der Waals surface area contributed by atoms with E-state index in [0.29, 0.717) is 17.9 Å². The zero-order chi connectivity index (χ0) is 19.7.